The Bertz CT molecular complexity index is 1680. The minimum absolute atomic E-state index is 0.0671. The predicted octanol–water partition coefficient (Wildman–Crippen LogP) is 5.73. The lowest BCUT2D eigenvalue weighted by atomic mass is 10.1. The maximum atomic E-state index is 12.7. The molecule has 0 aliphatic carbocycles. The van der Waals surface area contributed by atoms with Crippen LogP contribution in [0.5, 0.6) is 5.75 Å². The minimum Gasteiger partial charge on any atom is -0.406 e. The number of aryl methyl sites for hydroxylation is 1. The lowest BCUT2D eigenvalue weighted by Gasteiger charge is -2.20. The first-order chi connectivity index (χ1) is 21.1. The van der Waals surface area contributed by atoms with E-state index in [1.807, 2.05) is 49.4 Å². The zero-order chi connectivity index (χ0) is 31.3. The highest BCUT2D eigenvalue weighted by molar-refractivity contribution is 8.15. The van der Waals surface area contributed by atoms with Gasteiger partial charge in [0.05, 0.1) is 30.3 Å². The highest BCUT2D eigenvalue weighted by Gasteiger charge is 2.32. The number of nitrogens with zero attached hydrogens (tertiary/aromatic N) is 5. The van der Waals surface area contributed by atoms with E-state index in [1.165, 1.54) is 47.0 Å². The number of benzene rings is 3. The number of carbonyl (C=O) groups excluding carboxylic acids is 1. The van der Waals surface area contributed by atoms with Crippen LogP contribution in [0.3, 0.4) is 0 Å². The van der Waals surface area contributed by atoms with E-state index >= 15 is 0 Å². The molecule has 4 aromatic rings. The quantitative estimate of drug-likeness (QED) is 0.181. The molecule has 0 spiro atoms. The molecule has 2 heterocycles. The van der Waals surface area contributed by atoms with Crippen molar-refractivity contribution < 1.29 is 32.3 Å². The largest absolute Gasteiger partial charge is 0.573 e. The maximum absolute atomic E-state index is 12.7. The van der Waals surface area contributed by atoms with Crippen LogP contribution < -0.4 is 15.1 Å². The van der Waals surface area contributed by atoms with Gasteiger partial charge in [-0.05, 0) is 60.6 Å². The molecule has 0 bridgehead atoms. The molecule has 0 radical (unpaired) electrons. The van der Waals surface area contributed by atoms with E-state index in [0.29, 0.717) is 29.0 Å². The molecule has 0 atom stereocenters. The van der Waals surface area contributed by atoms with E-state index in [2.05, 4.69) is 25.3 Å². The fourth-order valence-electron chi connectivity index (χ4n) is 4.20. The molecule has 1 aliphatic heterocycles. The standard InChI is InChI=1S/C29H25F3N6O4S2/c1-18-3-6-21(15-40-2)24(13-18)38-25(39)16-44-28(38)34-27(43)36-41-14-19-4-7-20(8-5-19)26-33-17-37(35-26)22-9-11-23(12-10-22)42-29(30,31)32/h3-13,17H,14-16H2,1-2H3,(H,36,43)/b34-28-. The number of thiocarbonyl (C=S) groups is 1. The number of nitrogens with one attached hydrogen (secondary N) is 1. The lowest BCUT2D eigenvalue weighted by molar-refractivity contribution is -0.274. The van der Waals surface area contributed by atoms with Crippen molar-refractivity contribution in [2.24, 2.45) is 4.99 Å². The fraction of sp³-hybridized carbons (Fsp3) is 0.207. The highest BCUT2D eigenvalue weighted by atomic mass is 32.2. The minimum atomic E-state index is -4.76. The van der Waals surface area contributed by atoms with E-state index in [9.17, 15) is 18.0 Å². The second-order valence-electron chi connectivity index (χ2n) is 9.42. The van der Waals surface area contributed by atoms with E-state index in [4.69, 9.17) is 21.8 Å². The fourth-order valence-corrected chi connectivity index (χ4v) is 5.27. The molecule has 15 heteroatoms. The number of halogens is 3. The number of thioether (sulfide) groups is 1. The SMILES string of the molecule is COCc1ccc(C)cc1N1C(=O)CS/C1=N\C(=S)NOCc1ccc(-c2ncn(-c3ccc(OC(F)(F)F)cc3)n2)cc1. The van der Waals surface area contributed by atoms with Crippen LogP contribution in [0.4, 0.5) is 18.9 Å². The average molecular weight is 643 g/mol. The number of ether oxygens (including phenoxy) is 2. The maximum Gasteiger partial charge on any atom is 0.573 e. The first-order valence-electron chi connectivity index (χ1n) is 13.0. The van der Waals surface area contributed by atoms with Crippen LogP contribution in [-0.2, 0) is 27.6 Å². The number of aliphatic imine (C=N–C) groups is 1. The van der Waals surface area contributed by atoms with Gasteiger partial charge in [-0.3, -0.25) is 14.5 Å². The Kier molecular flexibility index (Phi) is 9.58. The summed E-state index contributed by atoms with van der Waals surface area (Å²) in [7, 11) is 1.60. The van der Waals surface area contributed by atoms with Crippen LogP contribution in [0.2, 0.25) is 0 Å². The molecule has 5 rings (SSSR count). The van der Waals surface area contributed by atoms with Gasteiger partial charge in [-0.2, -0.15) is 4.99 Å². The molecule has 10 nitrogen and oxygen atoms in total. The molecular weight excluding hydrogens is 617 g/mol. The third kappa shape index (κ3) is 7.79. The van der Waals surface area contributed by atoms with Crippen molar-refractivity contribution in [1.29, 1.82) is 0 Å². The number of carbonyl (C=O) groups is 1. The van der Waals surface area contributed by atoms with Gasteiger partial charge in [0.25, 0.3) is 0 Å². The molecular formula is C29H25F3N6O4S2. The van der Waals surface area contributed by atoms with Crippen LogP contribution in [0.1, 0.15) is 16.7 Å². The molecule has 44 heavy (non-hydrogen) atoms. The normalized spacial score (nSPS) is 14.3. The van der Waals surface area contributed by atoms with E-state index < -0.39 is 6.36 Å². The number of hydrogen-bond acceptors (Lipinski definition) is 8. The topological polar surface area (TPSA) is 103 Å². The van der Waals surface area contributed by atoms with Crippen LogP contribution in [0, 0.1) is 6.92 Å². The summed E-state index contributed by atoms with van der Waals surface area (Å²) in [4.78, 5) is 28.5. The first-order valence-corrected chi connectivity index (χ1v) is 14.4. The third-order valence-corrected chi connectivity index (χ3v) is 7.28. The van der Waals surface area contributed by atoms with Gasteiger partial charge in [0, 0.05) is 18.2 Å². The molecule has 0 saturated carbocycles. The summed E-state index contributed by atoms with van der Waals surface area (Å²) in [6.07, 6.45) is -3.29. The number of amides is 1. The summed E-state index contributed by atoms with van der Waals surface area (Å²) in [6, 6.07) is 18.4. The number of alkyl halides is 3. The summed E-state index contributed by atoms with van der Waals surface area (Å²) in [5, 5.41) is 4.92. The van der Waals surface area contributed by atoms with Crippen LogP contribution >= 0.6 is 24.0 Å². The van der Waals surface area contributed by atoms with Crippen molar-refractivity contribution in [2.45, 2.75) is 26.5 Å². The summed E-state index contributed by atoms with van der Waals surface area (Å²) < 4.78 is 47.8. The van der Waals surface area contributed by atoms with Gasteiger partial charge in [-0.25, -0.2) is 15.1 Å². The van der Waals surface area contributed by atoms with Crippen LogP contribution in [0.15, 0.2) is 78.0 Å². The molecule has 1 aliphatic rings. The van der Waals surface area contributed by atoms with Crippen molar-refractivity contribution in [3.63, 3.8) is 0 Å². The molecule has 3 aromatic carbocycles. The van der Waals surface area contributed by atoms with E-state index in [1.54, 1.807) is 12.0 Å². The summed E-state index contributed by atoms with van der Waals surface area (Å²) in [5.41, 5.74) is 7.28. The Morgan fingerprint density at radius 2 is 1.84 bits per heavy atom. The van der Waals surface area contributed by atoms with Gasteiger partial charge in [0.2, 0.25) is 11.0 Å². The molecule has 1 fully saturated rings. The summed E-state index contributed by atoms with van der Waals surface area (Å²) >= 11 is 6.63. The lowest BCUT2D eigenvalue weighted by Crippen LogP contribution is -2.32. The summed E-state index contributed by atoms with van der Waals surface area (Å²) in [5.74, 6) is 0.243. The zero-order valence-electron chi connectivity index (χ0n) is 23.4. The van der Waals surface area contributed by atoms with Crippen molar-refractivity contribution in [1.82, 2.24) is 20.2 Å². The Labute approximate surface area is 259 Å². The molecule has 1 aromatic heterocycles. The van der Waals surface area contributed by atoms with Crippen molar-refractivity contribution in [3.05, 3.63) is 89.7 Å². The van der Waals surface area contributed by atoms with Gasteiger partial charge in [-0.15, -0.1) is 18.3 Å². The van der Waals surface area contributed by atoms with Crippen LogP contribution in [0.25, 0.3) is 17.1 Å². The molecule has 228 valence electrons. The molecule has 0 unspecified atom stereocenters. The third-order valence-electron chi connectivity index (χ3n) is 6.18. The van der Waals surface area contributed by atoms with Gasteiger partial charge in [-0.1, -0.05) is 48.2 Å². The number of hydrogen-bond donors (Lipinski definition) is 1. The van der Waals surface area contributed by atoms with Gasteiger partial charge < -0.3 is 9.47 Å². The molecule has 1 amide bonds. The van der Waals surface area contributed by atoms with E-state index in [0.717, 1.165) is 22.3 Å². The molecule has 1 N–H and O–H groups in total. The van der Waals surface area contributed by atoms with E-state index in [-0.39, 0.29) is 29.1 Å². The Morgan fingerprint density at radius 1 is 1.09 bits per heavy atom. The first kappa shape index (κ1) is 31.1. The predicted molar refractivity (Wildman–Crippen MR) is 163 cm³/mol. The second kappa shape index (κ2) is 13.5. The van der Waals surface area contributed by atoms with Gasteiger partial charge >= 0.3 is 6.36 Å². The smallest absolute Gasteiger partial charge is 0.406 e. The second-order valence-corrected chi connectivity index (χ2v) is 10.8. The highest BCUT2D eigenvalue weighted by Crippen LogP contribution is 2.31. The Hall–Kier alpha value is -4.31. The van der Waals surface area contributed by atoms with Gasteiger partial charge in [0.15, 0.2) is 11.0 Å². The van der Waals surface area contributed by atoms with Crippen LogP contribution in [-0.4, -0.2) is 50.2 Å². The molecule has 1 saturated heterocycles. The number of hydroxylamine groups is 1. The summed E-state index contributed by atoms with van der Waals surface area (Å²) in [6.45, 7) is 2.46. The zero-order valence-corrected chi connectivity index (χ0v) is 25.0. The monoisotopic (exact) mass is 642 g/mol. The number of rotatable bonds is 9. The van der Waals surface area contributed by atoms with Crippen molar-refractivity contribution in [2.75, 3.05) is 17.8 Å². The number of anilines is 1. The van der Waals surface area contributed by atoms with Gasteiger partial charge in [0.1, 0.15) is 12.1 Å². The van der Waals surface area contributed by atoms with Crippen molar-refractivity contribution >= 4 is 45.9 Å². The number of amidine groups is 1. The number of aromatic nitrogens is 3. The Morgan fingerprint density at radius 3 is 2.55 bits per heavy atom. The number of methoxy groups -OCH3 is 1. The Balaban J connectivity index is 1.17. The van der Waals surface area contributed by atoms with Crippen molar-refractivity contribution in [3.8, 4) is 22.8 Å². The average Bonchev–Trinajstić information content (AvgIpc) is 3.61.